The molecule has 0 saturated carbocycles. The number of halogens is 1. The third-order valence-corrected chi connectivity index (χ3v) is 6.88. The monoisotopic (exact) mass is 457 g/mol. The van der Waals surface area contributed by atoms with Crippen molar-refractivity contribution in [3.8, 4) is 5.75 Å². The van der Waals surface area contributed by atoms with Crippen LogP contribution in [0.5, 0.6) is 5.75 Å². The highest BCUT2D eigenvalue weighted by molar-refractivity contribution is 5.88. The Morgan fingerprint density at radius 1 is 1.03 bits per heavy atom. The molecule has 1 aliphatic rings. The first-order valence-electron chi connectivity index (χ1n) is 11.8. The molecule has 3 aromatic carbocycles. The Morgan fingerprint density at radius 3 is 2.56 bits per heavy atom. The molecule has 4 nitrogen and oxygen atoms in total. The SMILES string of the molecule is CC(CCc1ccc(F)cc1)c1cc(O)c2c3c(c(=O)oc2c1)CCN(Cc1ccccc1)C3. The van der Waals surface area contributed by atoms with Gasteiger partial charge in [-0.1, -0.05) is 49.4 Å². The summed E-state index contributed by atoms with van der Waals surface area (Å²) in [4.78, 5) is 15.1. The van der Waals surface area contributed by atoms with Crippen molar-refractivity contribution in [2.24, 2.45) is 0 Å². The summed E-state index contributed by atoms with van der Waals surface area (Å²) in [5, 5.41) is 11.7. The van der Waals surface area contributed by atoms with Crippen molar-refractivity contribution in [3.63, 3.8) is 0 Å². The Bertz CT molecular complexity index is 1360. The van der Waals surface area contributed by atoms with Crippen LogP contribution in [0.1, 0.15) is 47.1 Å². The zero-order chi connectivity index (χ0) is 23.7. The third-order valence-electron chi connectivity index (χ3n) is 6.88. The van der Waals surface area contributed by atoms with E-state index in [1.54, 1.807) is 18.2 Å². The van der Waals surface area contributed by atoms with Crippen LogP contribution in [0.25, 0.3) is 11.0 Å². The van der Waals surface area contributed by atoms with Crippen LogP contribution in [0.2, 0.25) is 0 Å². The lowest BCUT2D eigenvalue weighted by Gasteiger charge is -2.29. The summed E-state index contributed by atoms with van der Waals surface area (Å²) in [6.07, 6.45) is 2.23. The molecule has 0 spiro atoms. The fourth-order valence-corrected chi connectivity index (χ4v) is 4.90. The first kappa shape index (κ1) is 22.4. The number of aryl methyl sites for hydroxylation is 1. The Kier molecular flexibility index (Phi) is 6.20. The number of hydrogen-bond acceptors (Lipinski definition) is 4. The van der Waals surface area contributed by atoms with Crippen molar-refractivity contribution in [2.45, 2.75) is 45.2 Å². The van der Waals surface area contributed by atoms with Crippen LogP contribution in [0.15, 0.2) is 75.9 Å². The predicted octanol–water partition coefficient (Wildman–Crippen LogP) is 5.93. The standard InChI is InChI=1S/C29H28FNO3/c1-19(7-8-20-9-11-23(30)12-10-20)22-15-26(32)28-25-18-31(17-21-5-3-2-4-6-21)14-13-24(25)29(33)34-27(28)16-22/h2-6,9-12,15-16,19,32H,7-8,13-14,17-18H2,1H3. The van der Waals surface area contributed by atoms with E-state index in [2.05, 4.69) is 24.0 Å². The molecule has 0 radical (unpaired) electrons. The summed E-state index contributed by atoms with van der Waals surface area (Å²) < 4.78 is 18.8. The van der Waals surface area contributed by atoms with Crippen molar-refractivity contribution in [3.05, 3.63) is 111 Å². The second kappa shape index (κ2) is 9.43. The van der Waals surface area contributed by atoms with Crippen LogP contribution < -0.4 is 5.63 Å². The van der Waals surface area contributed by atoms with Gasteiger partial charge >= 0.3 is 5.63 Å². The summed E-state index contributed by atoms with van der Waals surface area (Å²) in [6, 6.07) is 20.5. The zero-order valence-electron chi connectivity index (χ0n) is 19.3. The molecule has 0 fully saturated rings. The molecular weight excluding hydrogens is 429 g/mol. The number of benzene rings is 3. The number of rotatable bonds is 6. The number of nitrogens with zero attached hydrogens (tertiary/aromatic N) is 1. The van der Waals surface area contributed by atoms with E-state index in [-0.39, 0.29) is 23.1 Å². The lowest BCUT2D eigenvalue weighted by atomic mass is 9.91. The van der Waals surface area contributed by atoms with Crippen molar-refractivity contribution in [1.82, 2.24) is 4.90 Å². The van der Waals surface area contributed by atoms with Crippen LogP contribution in [0.4, 0.5) is 4.39 Å². The van der Waals surface area contributed by atoms with Crippen molar-refractivity contribution >= 4 is 11.0 Å². The minimum atomic E-state index is -0.308. The topological polar surface area (TPSA) is 53.7 Å². The molecule has 174 valence electrons. The minimum Gasteiger partial charge on any atom is -0.507 e. The molecule has 2 heterocycles. The van der Waals surface area contributed by atoms with Crippen LogP contribution in [0.3, 0.4) is 0 Å². The van der Waals surface area contributed by atoms with Gasteiger partial charge in [-0.2, -0.15) is 0 Å². The molecule has 1 unspecified atom stereocenters. The number of hydrogen-bond donors (Lipinski definition) is 1. The maximum atomic E-state index is 13.2. The number of phenols is 1. The van der Waals surface area contributed by atoms with Gasteiger partial charge in [-0.3, -0.25) is 4.90 Å². The van der Waals surface area contributed by atoms with Crippen molar-refractivity contribution in [2.75, 3.05) is 6.54 Å². The first-order valence-corrected chi connectivity index (χ1v) is 11.8. The van der Waals surface area contributed by atoms with Gasteiger partial charge in [0.15, 0.2) is 0 Å². The number of fused-ring (bicyclic) bond motifs is 3. The molecule has 5 rings (SSSR count). The fourth-order valence-electron chi connectivity index (χ4n) is 4.90. The molecule has 1 aliphatic heterocycles. The van der Waals surface area contributed by atoms with Crippen LogP contribution >= 0.6 is 0 Å². The fraction of sp³-hybridized carbons (Fsp3) is 0.276. The van der Waals surface area contributed by atoms with E-state index in [1.165, 1.54) is 17.7 Å². The maximum absolute atomic E-state index is 13.2. The summed E-state index contributed by atoms with van der Waals surface area (Å²) in [5.41, 5.74) is 4.89. The van der Waals surface area contributed by atoms with Gasteiger partial charge in [0, 0.05) is 25.2 Å². The molecule has 5 heteroatoms. The smallest absolute Gasteiger partial charge is 0.339 e. The van der Waals surface area contributed by atoms with Gasteiger partial charge in [0.25, 0.3) is 0 Å². The highest BCUT2D eigenvalue weighted by Crippen LogP contribution is 2.36. The molecule has 0 amide bonds. The Morgan fingerprint density at radius 2 is 1.79 bits per heavy atom. The highest BCUT2D eigenvalue weighted by atomic mass is 19.1. The first-order chi connectivity index (χ1) is 16.5. The van der Waals surface area contributed by atoms with Crippen molar-refractivity contribution < 1.29 is 13.9 Å². The van der Waals surface area contributed by atoms with Crippen LogP contribution in [-0.4, -0.2) is 16.6 Å². The molecule has 4 aromatic rings. The van der Waals surface area contributed by atoms with Gasteiger partial charge < -0.3 is 9.52 Å². The molecule has 34 heavy (non-hydrogen) atoms. The van der Waals surface area contributed by atoms with E-state index in [0.29, 0.717) is 29.5 Å². The summed E-state index contributed by atoms with van der Waals surface area (Å²) in [7, 11) is 0. The molecule has 0 aliphatic carbocycles. The van der Waals surface area contributed by atoms with Gasteiger partial charge in [0.2, 0.25) is 0 Å². The van der Waals surface area contributed by atoms with Gasteiger partial charge in [-0.25, -0.2) is 9.18 Å². The second-order valence-electron chi connectivity index (χ2n) is 9.27. The Labute approximate surface area is 198 Å². The summed E-state index contributed by atoms with van der Waals surface area (Å²) in [6.45, 7) is 4.25. The second-order valence-corrected chi connectivity index (χ2v) is 9.27. The van der Waals surface area contributed by atoms with E-state index >= 15 is 0 Å². The number of phenolic OH excluding ortho intramolecular Hbond substituents is 1. The molecule has 1 aromatic heterocycles. The summed E-state index contributed by atoms with van der Waals surface area (Å²) >= 11 is 0. The molecule has 1 atom stereocenters. The van der Waals surface area contributed by atoms with E-state index in [1.807, 2.05) is 24.3 Å². The lowest BCUT2D eigenvalue weighted by molar-refractivity contribution is 0.243. The van der Waals surface area contributed by atoms with Gasteiger partial charge in [0.05, 0.1) is 5.39 Å². The molecular formula is C29H28FNO3. The summed E-state index contributed by atoms with van der Waals surface area (Å²) in [5.74, 6) is 0.0518. The minimum absolute atomic E-state index is 0.135. The molecule has 0 bridgehead atoms. The normalized spacial score (nSPS) is 14.8. The van der Waals surface area contributed by atoms with Gasteiger partial charge in [-0.05, 0) is 71.7 Å². The van der Waals surface area contributed by atoms with Crippen molar-refractivity contribution in [1.29, 1.82) is 0 Å². The van der Waals surface area contributed by atoms with E-state index < -0.39 is 0 Å². The van der Waals surface area contributed by atoms with E-state index in [0.717, 1.165) is 42.6 Å². The zero-order valence-corrected chi connectivity index (χ0v) is 19.3. The maximum Gasteiger partial charge on any atom is 0.339 e. The van der Waals surface area contributed by atoms with E-state index in [4.69, 9.17) is 4.42 Å². The largest absolute Gasteiger partial charge is 0.507 e. The quantitative estimate of drug-likeness (QED) is 0.365. The third kappa shape index (κ3) is 4.62. The molecule has 0 saturated heterocycles. The molecule has 1 N–H and O–H groups in total. The van der Waals surface area contributed by atoms with Gasteiger partial charge in [-0.15, -0.1) is 0 Å². The van der Waals surface area contributed by atoms with Gasteiger partial charge in [0.1, 0.15) is 17.1 Å². The van der Waals surface area contributed by atoms with Crippen LogP contribution in [-0.2, 0) is 25.9 Å². The average Bonchev–Trinajstić information content (AvgIpc) is 2.83. The highest BCUT2D eigenvalue weighted by Gasteiger charge is 2.25. The Hall–Kier alpha value is -3.44. The predicted molar refractivity (Wildman–Crippen MR) is 132 cm³/mol. The average molecular weight is 458 g/mol. The van der Waals surface area contributed by atoms with Crippen LogP contribution in [0, 0.1) is 5.82 Å². The Balaban J connectivity index is 1.41. The lowest BCUT2D eigenvalue weighted by Crippen LogP contribution is -2.33. The van der Waals surface area contributed by atoms with E-state index in [9.17, 15) is 14.3 Å². The number of aromatic hydroxyl groups is 1.